The van der Waals surface area contributed by atoms with Gasteiger partial charge in [0.1, 0.15) is 0 Å². The van der Waals surface area contributed by atoms with Crippen LogP contribution >= 0.6 is 0 Å². The molecule has 30 heavy (non-hydrogen) atoms. The van der Waals surface area contributed by atoms with Crippen molar-refractivity contribution < 1.29 is 19.1 Å². The van der Waals surface area contributed by atoms with E-state index in [0.29, 0.717) is 43.2 Å². The van der Waals surface area contributed by atoms with Crippen molar-refractivity contribution in [2.75, 3.05) is 33.0 Å². The normalized spacial score (nSPS) is 15.9. The molecule has 5 rings (SSSR count). The van der Waals surface area contributed by atoms with Crippen molar-refractivity contribution in [2.24, 2.45) is 0 Å². The summed E-state index contributed by atoms with van der Waals surface area (Å²) in [6, 6.07) is 11.2. The van der Waals surface area contributed by atoms with E-state index in [4.69, 9.17) is 9.47 Å². The summed E-state index contributed by atoms with van der Waals surface area (Å²) in [6.45, 7) is 2.20. The Morgan fingerprint density at radius 1 is 0.967 bits per heavy atom. The molecule has 2 aromatic heterocycles. The Morgan fingerprint density at radius 2 is 1.77 bits per heavy atom. The van der Waals surface area contributed by atoms with Crippen molar-refractivity contribution in [2.45, 2.75) is 0 Å². The third kappa shape index (κ3) is 3.36. The average molecular weight is 404 g/mol. The molecule has 4 heterocycles. The molecule has 0 radical (unpaired) electrons. The van der Waals surface area contributed by atoms with Gasteiger partial charge in [0.15, 0.2) is 11.5 Å². The lowest BCUT2D eigenvalue weighted by Crippen LogP contribution is -2.50. The first-order valence-corrected chi connectivity index (χ1v) is 9.77. The second kappa shape index (κ2) is 7.55. The summed E-state index contributed by atoms with van der Waals surface area (Å²) in [7, 11) is 0. The number of fused-ring (bicyclic) bond motifs is 2. The Hall–Kier alpha value is -3.81. The first kappa shape index (κ1) is 18.2. The fourth-order valence-electron chi connectivity index (χ4n) is 3.69. The molecule has 2 aliphatic rings. The van der Waals surface area contributed by atoms with Crippen LogP contribution in [0, 0.1) is 0 Å². The van der Waals surface area contributed by atoms with Crippen molar-refractivity contribution in [3.05, 3.63) is 66.0 Å². The second-order valence-electron chi connectivity index (χ2n) is 7.15. The zero-order valence-electron chi connectivity index (χ0n) is 16.2. The SMILES string of the molecule is O=C(C=Cc1ccc2c(c1)OCO2)N1CCN(C(=O)c2cnn3ccccc23)CC1. The lowest BCUT2D eigenvalue weighted by atomic mass is 10.2. The van der Waals surface area contributed by atoms with Crippen LogP contribution in [0.5, 0.6) is 11.5 Å². The number of amides is 2. The highest BCUT2D eigenvalue weighted by molar-refractivity contribution is 6.00. The van der Waals surface area contributed by atoms with Gasteiger partial charge in [-0.25, -0.2) is 4.52 Å². The van der Waals surface area contributed by atoms with Crippen LogP contribution in [0.25, 0.3) is 11.6 Å². The van der Waals surface area contributed by atoms with E-state index in [1.165, 1.54) is 0 Å². The molecule has 0 atom stereocenters. The molecule has 3 aromatic rings. The Morgan fingerprint density at radius 3 is 2.63 bits per heavy atom. The van der Waals surface area contributed by atoms with Gasteiger partial charge >= 0.3 is 0 Å². The topological polar surface area (TPSA) is 76.4 Å². The number of piperazine rings is 1. The van der Waals surface area contributed by atoms with Gasteiger partial charge < -0.3 is 19.3 Å². The molecule has 1 aromatic carbocycles. The number of rotatable bonds is 3. The number of hydrogen-bond acceptors (Lipinski definition) is 5. The highest BCUT2D eigenvalue weighted by atomic mass is 16.7. The minimum absolute atomic E-state index is 0.0563. The Labute approximate surface area is 172 Å². The van der Waals surface area contributed by atoms with Gasteiger partial charge in [0.25, 0.3) is 5.91 Å². The highest BCUT2D eigenvalue weighted by Crippen LogP contribution is 2.32. The van der Waals surface area contributed by atoms with E-state index < -0.39 is 0 Å². The predicted octanol–water partition coefficient (Wildman–Crippen LogP) is 2.06. The van der Waals surface area contributed by atoms with E-state index in [2.05, 4.69) is 5.10 Å². The van der Waals surface area contributed by atoms with E-state index in [1.54, 1.807) is 32.7 Å². The molecule has 0 aliphatic carbocycles. The number of ether oxygens (including phenoxy) is 2. The summed E-state index contributed by atoms with van der Waals surface area (Å²) in [5.74, 6) is 1.27. The van der Waals surface area contributed by atoms with Crippen LogP contribution in [0.1, 0.15) is 15.9 Å². The van der Waals surface area contributed by atoms with Gasteiger partial charge in [-0.2, -0.15) is 5.10 Å². The smallest absolute Gasteiger partial charge is 0.257 e. The van der Waals surface area contributed by atoms with Crippen LogP contribution in [-0.2, 0) is 4.79 Å². The van der Waals surface area contributed by atoms with Crippen molar-refractivity contribution in [3.63, 3.8) is 0 Å². The van der Waals surface area contributed by atoms with Gasteiger partial charge in [0.05, 0.1) is 17.3 Å². The minimum Gasteiger partial charge on any atom is -0.454 e. The molecule has 1 fully saturated rings. The largest absolute Gasteiger partial charge is 0.454 e. The van der Waals surface area contributed by atoms with E-state index in [1.807, 2.05) is 42.6 Å². The van der Waals surface area contributed by atoms with Gasteiger partial charge in [-0.3, -0.25) is 9.59 Å². The zero-order chi connectivity index (χ0) is 20.5. The number of hydrogen-bond donors (Lipinski definition) is 0. The van der Waals surface area contributed by atoms with Crippen LogP contribution in [0.2, 0.25) is 0 Å². The first-order chi connectivity index (χ1) is 14.7. The van der Waals surface area contributed by atoms with E-state index in [-0.39, 0.29) is 18.6 Å². The molecule has 2 aliphatic heterocycles. The van der Waals surface area contributed by atoms with Crippen molar-refractivity contribution in [1.82, 2.24) is 19.4 Å². The Balaban J connectivity index is 1.20. The summed E-state index contributed by atoms with van der Waals surface area (Å²) in [6.07, 6.45) is 6.74. The molecular formula is C22H20N4O4. The Bertz CT molecular complexity index is 1140. The van der Waals surface area contributed by atoms with Gasteiger partial charge in [-0.15, -0.1) is 0 Å². The van der Waals surface area contributed by atoms with Crippen LogP contribution < -0.4 is 9.47 Å². The first-order valence-electron chi connectivity index (χ1n) is 9.77. The molecule has 0 unspecified atom stereocenters. The van der Waals surface area contributed by atoms with E-state index >= 15 is 0 Å². The monoisotopic (exact) mass is 404 g/mol. The summed E-state index contributed by atoms with van der Waals surface area (Å²) in [5, 5.41) is 4.23. The number of benzene rings is 1. The quantitative estimate of drug-likeness (QED) is 0.625. The molecule has 0 saturated carbocycles. The summed E-state index contributed by atoms with van der Waals surface area (Å²) < 4.78 is 12.3. The molecule has 0 bridgehead atoms. The molecule has 1 saturated heterocycles. The van der Waals surface area contributed by atoms with E-state index in [9.17, 15) is 9.59 Å². The third-order valence-corrected chi connectivity index (χ3v) is 5.35. The van der Waals surface area contributed by atoms with Gasteiger partial charge in [0, 0.05) is 38.5 Å². The van der Waals surface area contributed by atoms with Gasteiger partial charge in [-0.05, 0) is 35.9 Å². The molecule has 8 nitrogen and oxygen atoms in total. The lowest BCUT2D eigenvalue weighted by molar-refractivity contribution is -0.127. The molecule has 2 amide bonds. The fourth-order valence-corrected chi connectivity index (χ4v) is 3.69. The van der Waals surface area contributed by atoms with Crippen LogP contribution in [0.3, 0.4) is 0 Å². The van der Waals surface area contributed by atoms with Crippen LogP contribution in [-0.4, -0.2) is 64.2 Å². The predicted molar refractivity (Wildman–Crippen MR) is 109 cm³/mol. The van der Waals surface area contributed by atoms with Gasteiger partial charge in [0.2, 0.25) is 12.7 Å². The molecule has 0 spiro atoms. The minimum atomic E-state index is -0.0734. The fraction of sp³-hybridized carbons (Fsp3) is 0.227. The molecule has 0 N–H and O–H groups in total. The number of carbonyl (C=O) groups excluding carboxylic acids is 2. The number of nitrogens with zero attached hydrogens (tertiary/aromatic N) is 4. The number of carbonyl (C=O) groups is 2. The van der Waals surface area contributed by atoms with Crippen molar-refractivity contribution >= 4 is 23.4 Å². The molecule has 8 heteroatoms. The lowest BCUT2D eigenvalue weighted by Gasteiger charge is -2.34. The molecule has 152 valence electrons. The highest BCUT2D eigenvalue weighted by Gasteiger charge is 2.25. The maximum absolute atomic E-state index is 12.9. The maximum atomic E-state index is 12.9. The van der Waals surface area contributed by atoms with E-state index in [0.717, 1.165) is 11.1 Å². The zero-order valence-corrected chi connectivity index (χ0v) is 16.2. The van der Waals surface area contributed by atoms with Crippen LogP contribution in [0.4, 0.5) is 0 Å². The van der Waals surface area contributed by atoms with Crippen molar-refractivity contribution in [3.8, 4) is 11.5 Å². The third-order valence-electron chi connectivity index (χ3n) is 5.35. The maximum Gasteiger partial charge on any atom is 0.257 e. The summed E-state index contributed by atoms with van der Waals surface area (Å²) in [4.78, 5) is 29.0. The Kier molecular flexibility index (Phi) is 4.59. The number of aromatic nitrogens is 2. The van der Waals surface area contributed by atoms with Crippen molar-refractivity contribution in [1.29, 1.82) is 0 Å². The summed E-state index contributed by atoms with van der Waals surface area (Å²) >= 11 is 0. The average Bonchev–Trinajstić information content (AvgIpc) is 3.43. The summed E-state index contributed by atoms with van der Waals surface area (Å²) in [5.41, 5.74) is 2.24. The van der Waals surface area contributed by atoms with Gasteiger partial charge in [-0.1, -0.05) is 12.1 Å². The standard InChI is InChI=1S/C22H20N4O4/c27-21(7-5-16-4-6-19-20(13-16)30-15-29-19)24-9-11-25(12-10-24)22(28)17-14-23-26-8-2-1-3-18(17)26/h1-8,13-14H,9-12,15H2. The second-order valence-corrected chi connectivity index (χ2v) is 7.15. The number of pyridine rings is 1. The van der Waals surface area contributed by atoms with Crippen LogP contribution in [0.15, 0.2) is 54.9 Å². The molecular weight excluding hydrogens is 384 g/mol.